The van der Waals surface area contributed by atoms with E-state index >= 15 is 0 Å². The second-order valence-electron chi connectivity index (χ2n) is 7.97. The van der Waals surface area contributed by atoms with E-state index in [0.717, 1.165) is 18.9 Å². The Labute approximate surface area is 185 Å². The first-order valence-electron chi connectivity index (χ1n) is 10.2. The van der Waals surface area contributed by atoms with Crippen LogP contribution in [0, 0.1) is 17.8 Å². The first-order chi connectivity index (χ1) is 14.4. The number of allylic oxidation sites excluding steroid dienone is 4. The average Bonchev–Trinajstić information content (AvgIpc) is 2.69. The summed E-state index contributed by atoms with van der Waals surface area (Å²) in [4.78, 5) is 24.0. The number of hydrogen-bond acceptors (Lipinski definition) is 2. The fraction of sp³-hybridized carbons (Fsp3) is 0.478. The number of hydrogen-bond donors (Lipinski definition) is 2. The number of aliphatic carboxylic acids is 1. The maximum Gasteiger partial charge on any atom is 0.392 e. The first kappa shape index (κ1) is 25.0. The minimum absolute atomic E-state index is 0.123. The van der Waals surface area contributed by atoms with Gasteiger partial charge < -0.3 is 10.4 Å². The molecule has 1 amide bonds. The molecule has 1 aliphatic rings. The fourth-order valence-corrected chi connectivity index (χ4v) is 3.91. The van der Waals surface area contributed by atoms with Crippen LogP contribution >= 0.6 is 11.6 Å². The molecule has 1 aromatic rings. The van der Waals surface area contributed by atoms with Crippen LogP contribution in [-0.2, 0) is 9.59 Å². The van der Waals surface area contributed by atoms with Crippen molar-refractivity contribution in [2.45, 2.75) is 52.1 Å². The van der Waals surface area contributed by atoms with Gasteiger partial charge in [-0.15, -0.1) is 0 Å². The van der Waals surface area contributed by atoms with Crippen molar-refractivity contribution in [2.75, 3.05) is 5.32 Å². The van der Waals surface area contributed by atoms with Gasteiger partial charge in [-0.05, 0) is 42.4 Å². The zero-order valence-electron chi connectivity index (χ0n) is 17.7. The normalized spacial score (nSPS) is 19.3. The summed E-state index contributed by atoms with van der Waals surface area (Å²) in [5.41, 5.74) is 1.82. The molecule has 1 unspecified atom stereocenters. The molecule has 0 aliphatic heterocycles. The molecule has 0 aromatic heterocycles. The van der Waals surface area contributed by atoms with Gasteiger partial charge >= 0.3 is 12.1 Å². The van der Waals surface area contributed by atoms with Crippen LogP contribution in [0.1, 0.15) is 51.5 Å². The molecule has 0 fully saturated rings. The minimum Gasteiger partial charge on any atom is -0.481 e. The van der Waals surface area contributed by atoms with Crippen LogP contribution in [0.4, 0.5) is 18.9 Å². The zero-order valence-corrected chi connectivity index (χ0v) is 18.4. The van der Waals surface area contributed by atoms with E-state index < -0.39 is 35.8 Å². The van der Waals surface area contributed by atoms with Gasteiger partial charge in [0.1, 0.15) is 0 Å². The highest BCUT2D eigenvalue weighted by molar-refractivity contribution is 6.33. The molecule has 0 heterocycles. The molecule has 2 N–H and O–H groups in total. The maximum absolute atomic E-state index is 13.6. The summed E-state index contributed by atoms with van der Waals surface area (Å²) in [6.45, 7) is 4.69. The molecule has 1 aliphatic carbocycles. The van der Waals surface area contributed by atoms with E-state index in [1.807, 2.05) is 13.0 Å². The molecule has 4 atom stereocenters. The predicted molar refractivity (Wildman–Crippen MR) is 115 cm³/mol. The highest BCUT2D eigenvalue weighted by atomic mass is 35.5. The molecular formula is C23H27ClF3NO3. The summed E-state index contributed by atoms with van der Waals surface area (Å²) < 4.78 is 40.7. The van der Waals surface area contributed by atoms with Crippen molar-refractivity contribution in [3.63, 3.8) is 0 Å². The Morgan fingerprint density at radius 2 is 1.97 bits per heavy atom. The summed E-state index contributed by atoms with van der Waals surface area (Å²) in [6, 6.07) is 4.67. The van der Waals surface area contributed by atoms with Gasteiger partial charge in [0, 0.05) is 0 Å². The second-order valence-corrected chi connectivity index (χ2v) is 8.38. The quantitative estimate of drug-likeness (QED) is 0.463. The number of carbonyl (C=O) groups excluding carboxylic acids is 1. The number of amides is 1. The Kier molecular flexibility index (Phi) is 8.34. The van der Waals surface area contributed by atoms with Crippen LogP contribution in [-0.4, -0.2) is 23.2 Å². The number of carbonyl (C=O) groups is 2. The Bertz CT molecular complexity index is 879. The van der Waals surface area contributed by atoms with Crippen LogP contribution in [0.15, 0.2) is 42.0 Å². The second kappa shape index (κ2) is 10.4. The van der Waals surface area contributed by atoms with Gasteiger partial charge in [0.15, 0.2) is 0 Å². The minimum atomic E-state index is -4.54. The molecular weight excluding hydrogens is 431 g/mol. The average molecular weight is 458 g/mol. The number of benzene rings is 1. The van der Waals surface area contributed by atoms with E-state index in [2.05, 4.69) is 5.32 Å². The van der Waals surface area contributed by atoms with Crippen LogP contribution in [0.5, 0.6) is 0 Å². The van der Waals surface area contributed by atoms with E-state index in [1.165, 1.54) is 12.1 Å². The third-order valence-corrected chi connectivity index (χ3v) is 6.06. The van der Waals surface area contributed by atoms with Crippen molar-refractivity contribution in [1.29, 1.82) is 0 Å². The van der Waals surface area contributed by atoms with Crippen molar-refractivity contribution < 1.29 is 27.9 Å². The van der Waals surface area contributed by atoms with Crippen LogP contribution in [0.3, 0.4) is 0 Å². The Morgan fingerprint density at radius 3 is 2.48 bits per heavy atom. The van der Waals surface area contributed by atoms with E-state index in [4.69, 9.17) is 16.7 Å². The van der Waals surface area contributed by atoms with Crippen LogP contribution < -0.4 is 5.32 Å². The number of carboxylic acid groups (broad SMARTS) is 1. The molecule has 2 rings (SSSR count). The van der Waals surface area contributed by atoms with Gasteiger partial charge in [-0.25, -0.2) is 0 Å². The molecule has 0 bridgehead atoms. The van der Waals surface area contributed by atoms with E-state index in [-0.39, 0.29) is 23.0 Å². The summed E-state index contributed by atoms with van der Waals surface area (Å²) in [6.07, 6.45) is 1.79. The van der Waals surface area contributed by atoms with Crippen molar-refractivity contribution >= 4 is 29.2 Å². The van der Waals surface area contributed by atoms with Gasteiger partial charge in [0.25, 0.3) is 0 Å². The highest BCUT2D eigenvalue weighted by Crippen LogP contribution is 2.40. The Morgan fingerprint density at radius 1 is 1.29 bits per heavy atom. The number of alkyl halides is 3. The number of halogens is 4. The number of rotatable bonds is 8. The van der Waals surface area contributed by atoms with Crippen LogP contribution in [0.25, 0.3) is 0 Å². The number of carboxylic acids is 1. The number of anilines is 1. The lowest BCUT2D eigenvalue weighted by Gasteiger charge is -2.31. The molecule has 0 radical (unpaired) electrons. The largest absolute Gasteiger partial charge is 0.481 e. The van der Waals surface area contributed by atoms with Crippen molar-refractivity contribution in [1.82, 2.24) is 0 Å². The van der Waals surface area contributed by atoms with Gasteiger partial charge in [0.05, 0.1) is 29.0 Å². The fourth-order valence-electron chi connectivity index (χ4n) is 3.75. The molecule has 4 nitrogen and oxygen atoms in total. The lowest BCUT2D eigenvalue weighted by Crippen LogP contribution is -2.40. The first-order valence-corrected chi connectivity index (χ1v) is 10.6. The van der Waals surface area contributed by atoms with Gasteiger partial charge in [0.2, 0.25) is 5.91 Å². The number of nitrogens with one attached hydrogen (secondary N) is 1. The van der Waals surface area contributed by atoms with Crippen molar-refractivity contribution in [3.8, 4) is 0 Å². The highest BCUT2D eigenvalue weighted by Gasteiger charge is 2.46. The summed E-state index contributed by atoms with van der Waals surface area (Å²) in [5, 5.41) is 11.7. The van der Waals surface area contributed by atoms with Crippen molar-refractivity contribution in [2.24, 2.45) is 17.8 Å². The molecule has 31 heavy (non-hydrogen) atoms. The molecule has 170 valence electrons. The summed E-state index contributed by atoms with van der Waals surface area (Å²) >= 11 is 6.17. The standard InChI is InChI=1S/C23H27ClF3NO3/c1-4-15-5-7-16(8-6-15)21(14(3)23(25,26)27)22(31)28-19-12-17(9-10-18(19)24)13(2)11-20(29)30/h5-7,9-10,12-14,16,21H,4,8,11H2,1-3H3,(H,28,31)(H,29,30)/t13-,14+,16?,21-/m0/s1. The van der Waals surface area contributed by atoms with Gasteiger partial charge in [-0.1, -0.05) is 62.2 Å². The SMILES string of the molecule is CCC1=CCC([C@@H](C(=O)Nc2cc([C@@H](C)CC(=O)O)ccc2Cl)[C@@H](C)C(F)(F)F)C=C1. The Balaban J connectivity index is 2.31. The molecule has 0 saturated heterocycles. The topological polar surface area (TPSA) is 66.4 Å². The van der Waals surface area contributed by atoms with E-state index in [0.29, 0.717) is 12.0 Å². The predicted octanol–water partition coefficient (Wildman–Crippen LogP) is 6.58. The van der Waals surface area contributed by atoms with E-state index in [1.54, 1.807) is 25.1 Å². The molecule has 1 aromatic carbocycles. The van der Waals surface area contributed by atoms with Crippen LogP contribution in [0.2, 0.25) is 5.02 Å². The van der Waals surface area contributed by atoms with Gasteiger partial charge in [-0.2, -0.15) is 13.2 Å². The van der Waals surface area contributed by atoms with Crippen molar-refractivity contribution in [3.05, 3.63) is 52.6 Å². The zero-order chi connectivity index (χ0) is 23.3. The lowest BCUT2D eigenvalue weighted by molar-refractivity contribution is -0.188. The summed E-state index contributed by atoms with van der Waals surface area (Å²) in [7, 11) is 0. The monoisotopic (exact) mass is 457 g/mol. The molecule has 8 heteroatoms. The molecule has 0 saturated carbocycles. The molecule has 0 spiro atoms. The third kappa shape index (κ3) is 6.60. The smallest absolute Gasteiger partial charge is 0.392 e. The summed E-state index contributed by atoms with van der Waals surface area (Å²) in [5.74, 6) is -5.88. The lowest BCUT2D eigenvalue weighted by atomic mass is 9.77. The Hall–Kier alpha value is -2.28. The van der Waals surface area contributed by atoms with Gasteiger partial charge in [-0.3, -0.25) is 9.59 Å². The van der Waals surface area contributed by atoms with E-state index in [9.17, 15) is 22.8 Å². The maximum atomic E-state index is 13.6. The third-order valence-electron chi connectivity index (χ3n) is 5.74.